The van der Waals surface area contributed by atoms with E-state index in [1.807, 2.05) is 24.4 Å². The summed E-state index contributed by atoms with van der Waals surface area (Å²) in [6.07, 6.45) is 2.94. The Labute approximate surface area is 97.4 Å². The van der Waals surface area contributed by atoms with Crippen LogP contribution in [0.15, 0.2) is 29.0 Å². The molecule has 15 heavy (non-hydrogen) atoms. The van der Waals surface area contributed by atoms with Crippen LogP contribution >= 0.6 is 15.9 Å². The zero-order valence-corrected chi connectivity index (χ0v) is 10.2. The minimum Gasteiger partial charge on any atom is -0.330 e. The molecule has 0 aliphatic heterocycles. The summed E-state index contributed by atoms with van der Waals surface area (Å²) in [5, 5.41) is 0. The van der Waals surface area contributed by atoms with Gasteiger partial charge in [-0.2, -0.15) is 0 Å². The number of aromatic nitrogens is 2. The van der Waals surface area contributed by atoms with Crippen molar-refractivity contribution in [2.24, 2.45) is 11.7 Å². The zero-order valence-electron chi connectivity index (χ0n) is 8.65. The summed E-state index contributed by atoms with van der Waals surface area (Å²) in [5.74, 6) is 1.53. The Hall–Kier alpha value is -0.870. The van der Waals surface area contributed by atoms with Gasteiger partial charge in [-0.1, -0.05) is 13.0 Å². The molecule has 0 amide bonds. The number of imidazole rings is 1. The van der Waals surface area contributed by atoms with Crippen LogP contribution < -0.4 is 5.73 Å². The van der Waals surface area contributed by atoms with Gasteiger partial charge in [-0.3, -0.25) is 0 Å². The van der Waals surface area contributed by atoms with Crippen LogP contribution in [0.25, 0.3) is 5.52 Å². The van der Waals surface area contributed by atoms with E-state index < -0.39 is 0 Å². The highest BCUT2D eigenvalue weighted by Crippen LogP contribution is 2.19. The molecule has 0 spiro atoms. The normalized spacial score (nSPS) is 13.3. The summed E-state index contributed by atoms with van der Waals surface area (Å²) in [5.41, 5.74) is 6.73. The summed E-state index contributed by atoms with van der Waals surface area (Å²) in [6.45, 7) is 2.83. The van der Waals surface area contributed by atoms with Crippen molar-refractivity contribution in [3.63, 3.8) is 0 Å². The van der Waals surface area contributed by atoms with Crippen LogP contribution in [0.4, 0.5) is 0 Å². The van der Waals surface area contributed by atoms with E-state index in [0.29, 0.717) is 12.5 Å². The second-order valence-corrected chi connectivity index (χ2v) is 4.57. The van der Waals surface area contributed by atoms with E-state index >= 15 is 0 Å². The summed E-state index contributed by atoms with van der Waals surface area (Å²) < 4.78 is 3.01. The third-order valence-electron chi connectivity index (χ3n) is 2.51. The van der Waals surface area contributed by atoms with Gasteiger partial charge in [0.25, 0.3) is 0 Å². The molecule has 3 nitrogen and oxygen atoms in total. The van der Waals surface area contributed by atoms with Crippen molar-refractivity contribution in [2.75, 3.05) is 6.54 Å². The van der Waals surface area contributed by atoms with Crippen LogP contribution in [0, 0.1) is 5.92 Å². The Morgan fingerprint density at radius 3 is 3.07 bits per heavy atom. The number of halogens is 1. The lowest BCUT2D eigenvalue weighted by Gasteiger charge is -2.06. The maximum Gasteiger partial charge on any atom is 0.132 e. The van der Waals surface area contributed by atoms with E-state index in [9.17, 15) is 0 Å². The number of fused-ring (bicyclic) bond motifs is 1. The first-order chi connectivity index (χ1) is 7.22. The van der Waals surface area contributed by atoms with Gasteiger partial charge in [0.05, 0.1) is 5.52 Å². The van der Waals surface area contributed by atoms with Crippen molar-refractivity contribution in [2.45, 2.75) is 13.3 Å². The van der Waals surface area contributed by atoms with Gasteiger partial charge in [0.15, 0.2) is 0 Å². The maximum atomic E-state index is 5.62. The van der Waals surface area contributed by atoms with Crippen molar-refractivity contribution >= 4 is 21.4 Å². The Bertz CT molecular complexity index is 464. The lowest BCUT2D eigenvalue weighted by atomic mass is 10.1. The van der Waals surface area contributed by atoms with Crippen molar-refractivity contribution in [3.8, 4) is 0 Å². The van der Waals surface area contributed by atoms with Crippen molar-refractivity contribution in [1.29, 1.82) is 0 Å². The zero-order chi connectivity index (χ0) is 10.8. The smallest absolute Gasteiger partial charge is 0.132 e. The fraction of sp³-hybridized carbons (Fsp3) is 0.364. The van der Waals surface area contributed by atoms with Gasteiger partial charge in [-0.15, -0.1) is 0 Å². The molecule has 0 aliphatic carbocycles. The fourth-order valence-electron chi connectivity index (χ4n) is 1.60. The minimum absolute atomic E-state index is 0.461. The van der Waals surface area contributed by atoms with E-state index in [4.69, 9.17) is 5.73 Å². The molecule has 0 bridgehead atoms. The van der Waals surface area contributed by atoms with Gasteiger partial charge in [-0.05, 0) is 40.5 Å². The molecule has 4 heteroatoms. The predicted octanol–water partition coefficient (Wildman–Crippen LogP) is 2.23. The average Bonchev–Trinajstić information content (AvgIpc) is 2.57. The van der Waals surface area contributed by atoms with Gasteiger partial charge in [0.1, 0.15) is 10.4 Å². The topological polar surface area (TPSA) is 43.3 Å². The monoisotopic (exact) mass is 267 g/mol. The lowest BCUT2D eigenvalue weighted by Crippen LogP contribution is -2.14. The van der Waals surface area contributed by atoms with Gasteiger partial charge < -0.3 is 10.1 Å². The number of nitrogens with two attached hydrogens (primary N) is 1. The van der Waals surface area contributed by atoms with Gasteiger partial charge in [0, 0.05) is 12.6 Å². The van der Waals surface area contributed by atoms with Crippen molar-refractivity contribution in [3.05, 3.63) is 34.8 Å². The predicted molar refractivity (Wildman–Crippen MR) is 64.8 cm³/mol. The Morgan fingerprint density at radius 1 is 1.53 bits per heavy atom. The molecule has 0 fully saturated rings. The van der Waals surface area contributed by atoms with Crippen LogP contribution in [0.2, 0.25) is 0 Å². The van der Waals surface area contributed by atoms with Gasteiger partial charge >= 0.3 is 0 Å². The van der Waals surface area contributed by atoms with Crippen molar-refractivity contribution < 1.29 is 0 Å². The molecule has 1 atom stereocenters. The van der Waals surface area contributed by atoms with Gasteiger partial charge in [-0.25, -0.2) is 4.98 Å². The van der Waals surface area contributed by atoms with E-state index in [1.165, 1.54) is 0 Å². The highest BCUT2D eigenvalue weighted by molar-refractivity contribution is 9.10. The first kappa shape index (κ1) is 10.6. The van der Waals surface area contributed by atoms with Crippen LogP contribution in [-0.2, 0) is 6.42 Å². The Morgan fingerprint density at radius 2 is 2.33 bits per heavy atom. The molecule has 2 N–H and O–H groups in total. The molecule has 0 radical (unpaired) electrons. The Kier molecular flexibility index (Phi) is 3.07. The second-order valence-electron chi connectivity index (χ2n) is 3.82. The standard InChI is InChI=1S/C11H14BrN3/c1-8(7-13)6-10-14-11(12)9-4-2-3-5-15(9)10/h2-5,8H,6-7,13H2,1H3. The molecular weight excluding hydrogens is 254 g/mol. The summed E-state index contributed by atoms with van der Waals surface area (Å²) in [4.78, 5) is 4.50. The molecule has 2 rings (SSSR count). The van der Waals surface area contributed by atoms with E-state index in [1.54, 1.807) is 0 Å². The highest BCUT2D eigenvalue weighted by atomic mass is 79.9. The first-order valence-electron chi connectivity index (χ1n) is 5.04. The molecule has 0 saturated heterocycles. The largest absolute Gasteiger partial charge is 0.330 e. The molecule has 0 aromatic carbocycles. The number of rotatable bonds is 3. The van der Waals surface area contributed by atoms with E-state index in [0.717, 1.165) is 22.4 Å². The maximum absolute atomic E-state index is 5.62. The molecule has 0 aliphatic rings. The molecule has 2 heterocycles. The summed E-state index contributed by atoms with van der Waals surface area (Å²) >= 11 is 3.47. The van der Waals surface area contributed by atoms with Crippen LogP contribution in [0.3, 0.4) is 0 Å². The number of nitrogens with zero attached hydrogens (tertiary/aromatic N) is 2. The lowest BCUT2D eigenvalue weighted by molar-refractivity contribution is 0.572. The molecule has 0 saturated carbocycles. The number of hydrogen-bond donors (Lipinski definition) is 1. The van der Waals surface area contributed by atoms with Crippen LogP contribution in [0.1, 0.15) is 12.7 Å². The highest BCUT2D eigenvalue weighted by Gasteiger charge is 2.10. The Balaban J connectivity index is 2.43. The van der Waals surface area contributed by atoms with E-state index in [-0.39, 0.29) is 0 Å². The van der Waals surface area contributed by atoms with E-state index in [2.05, 4.69) is 32.2 Å². The number of hydrogen-bond acceptors (Lipinski definition) is 2. The van der Waals surface area contributed by atoms with Crippen LogP contribution in [0.5, 0.6) is 0 Å². The SMILES string of the molecule is CC(CN)Cc1nc(Br)c2ccccn12. The summed E-state index contributed by atoms with van der Waals surface area (Å²) in [7, 11) is 0. The average molecular weight is 268 g/mol. The third kappa shape index (κ3) is 2.06. The molecule has 2 aromatic rings. The molecular formula is C11H14BrN3. The molecule has 1 unspecified atom stereocenters. The quantitative estimate of drug-likeness (QED) is 0.927. The fourth-order valence-corrected chi connectivity index (χ4v) is 2.13. The molecule has 2 aromatic heterocycles. The molecule has 80 valence electrons. The summed E-state index contributed by atoms with van der Waals surface area (Å²) in [6, 6.07) is 6.07. The van der Waals surface area contributed by atoms with Crippen molar-refractivity contribution in [1.82, 2.24) is 9.38 Å². The second kappa shape index (κ2) is 4.33. The first-order valence-corrected chi connectivity index (χ1v) is 5.83. The van der Waals surface area contributed by atoms with Gasteiger partial charge in [0.2, 0.25) is 0 Å². The minimum atomic E-state index is 0.461. The third-order valence-corrected chi connectivity index (χ3v) is 3.09. The number of pyridine rings is 1. The van der Waals surface area contributed by atoms with Crippen LogP contribution in [-0.4, -0.2) is 15.9 Å².